The first-order chi connectivity index (χ1) is 21.2. The normalized spacial score (nSPS) is 54.6. The predicted molar refractivity (Wildman–Crippen MR) is 134 cm³/mol. The summed E-state index contributed by atoms with van der Waals surface area (Å²) in [6.07, 6.45) is -38.7. The molecule has 264 valence electrons. The fourth-order valence-electron chi connectivity index (χ4n) is 5.94. The van der Waals surface area contributed by atoms with Gasteiger partial charge in [-0.25, -0.2) is 0 Å². The Balaban J connectivity index is 1.80. The lowest BCUT2D eigenvalue weighted by molar-refractivity contribution is -0.437. The van der Waals surface area contributed by atoms with Gasteiger partial charge < -0.3 is 105 Å². The molecule has 4 aliphatic heterocycles. The van der Waals surface area contributed by atoms with Crippen LogP contribution in [-0.2, 0) is 28.4 Å². The van der Waals surface area contributed by atoms with Crippen LogP contribution in [0.4, 0.5) is 0 Å². The van der Waals surface area contributed by atoms with Crippen LogP contribution in [0.25, 0.3) is 0 Å². The van der Waals surface area contributed by atoms with Crippen molar-refractivity contribution in [2.24, 2.45) is 0 Å². The average molecular weight is 667 g/mol. The molecule has 0 spiro atoms. The summed E-state index contributed by atoms with van der Waals surface area (Å²) in [5, 5.41) is 156. The first-order valence-corrected chi connectivity index (χ1v) is 14.1. The Kier molecular flexibility index (Phi) is 12.1. The molecule has 4 aliphatic rings. The van der Waals surface area contributed by atoms with Crippen LogP contribution >= 0.6 is 0 Å². The van der Waals surface area contributed by atoms with Crippen molar-refractivity contribution in [1.82, 2.24) is 0 Å². The van der Waals surface area contributed by atoms with Gasteiger partial charge in [0, 0.05) is 0 Å². The van der Waals surface area contributed by atoms with Gasteiger partial charge >= 0.3 is 0 Å². The Morgan fingerprint density at radius 1 is 0.400 bits per heavy atom. The van der Waals surface area contributed by atoms with Gasteiger partial charge in [-0.1, -0.05) is 0 Å². The molecule has 0 radical (unpaired) electrons. The molecule has 0 aliphatic carbocycles. The van der Waals surface area contributed by atoms with E-state index in [0.29, 0.717) is 0 Å². The maximum atomic E-state index is 11.7. The Bertz CT molecular complexity index is 943. The summed E-state index contributed by atoms with van der Waals surface area (Å²) in [6.45, 7) is -3.95. The van der Waals surface area contributed by atoms with E-state index in [-0.39, 0.29) is 0 Å². The Morgan fingerprint density at radius 2 is 0.800 bits per heavy atom. The standard InChI is InChI=1S/C24H42O21/c25-1-5-9(29)12(32)15(35)20(40-5)24(45-22-17(37)14(34)11(31)7(3-27)42-22)18(38)8(4-28)43-23(19(24)39)44-21-16(36)13(33)10(30)6(2-26)41-21/h5-23,25-39H,1-4H2/t5-,6-,7-,8-,9-,10-,11-,12+,13+,14+,15-,16-,17-,18-,19+,20-,21-,22-,23-,24+/m1/s1/i37+0. The third kappa shape index (κ3) is 6.49. The molecule has 0 amide bonds. The zero-order chi connectivity index (χ0) is 33.5. The van der Waals surface area contributed by atoms with Crippen LogP contribution < -0.4 is 0 Å². The fourth-order valence-corrected chi connectivity index (χ4v) is 5.94. The van der Waals surface area contributed by atoms with Gasteiger partial charge in [-0.3, -0.25) is 0 Å². The number of ether oxygens (including phenoxy) is 6. The van der Waals surface area contributed by atoms with Crippen LogP contribution in [0.2, 0.25) is 0 Å². The highest BCUT2D eigenvalue weighted by Crippen LogP contribution is 2.44. The SMILES string of the molecule is OC[C@H]1O[C@@H]([C@]2(O[C@H]3O[C@H](CO)[C@@H](O)[C@H](O)[C@H]3[16OH])[C@H](O)[C@@H](CO)O[C@H](O[C@H]3O[C@H](CO)[C@@H](O)[C@H](O)[C@H]3O)[C@@H]2O)[C@H](O)[C@@H](O)[C@@H]1O. The molecule has 0 unspecified atom stereocenters. The molecule has 21 nitrogen and oxygen atoms in total. The van der Waals surface area contributed by atoms with E-state index in [1.54, 1.807) is 0 Å². The van der Waals surface area contributed by atoms with Gasteiger partial charge in [0.2, 0.25) is 0 Å². The maximum absolute atomic E-state index is 11.7. The molecule has 0 aromatic rings. The van der Waals surface area contributed by atoms with Gasteiger partial charge in [-0.2, -0.15) is 0 Å². The summed E-state index contributed by atoms with van der Waals surface area (Å²) in [6, 6.07) is 0. The molecule has 0 bridgehead atoms. The van der Waals surface area contributed by atoms with Crippen molar-refractivity contribution in [3.63, 3.8) is 0 Å². The Morgan fingerprint density at radius 3 is 1.29 bits per heavy atom. The molecule has 45 heavy (non-hydrogen) atoms. The number of hydrogen-bond donors (Lipinski definition) is 15. The second kappa shape index (κ2) is 14.7. The first-order valence-electron chi connectivity index (χ1n) is 14.1. The monoisotopic (exact) mass is 666 g/mol. The van der Waals surface area contributed by atoms with E-state index in [4.69, 9.17) is 28.4 Å². The predicted octanol–water partition coefficient (Wildman–Crippen LogP) is -10.4. The highest BCUT2D eigenvalue weighted by Gasteiger charge is 2.68. The first kappa shape index (κ1) is 37.0. The van der Waals surface area contributed by atoms with Crippen LogP contribution in [0.1, 0.15) is 0 Å². The third-order valence-electron chi connectivity index (χ3n) is 8.65. The van der Waals surface area contributed by atoms with Crippen molar-refractivity contribution < 1.29 is 105 Å². The summed E-state index contributed by atoms with van der Waals surface area (Å²) in [7, 11) is 0. The molecule has 4 fully saturated rings. The molecule has 0 saturated carbocycles. The lowest BCUT2D eigenvalue weighted by Gasteiger charge is -2.58. The van der Waals surface area contributed by atoms with Gasteiger partial charge in [0.15, 0.2) is 24.5 Å². The number of rotatable bonds is 9. The average Bonchev–Trinajstić information content (AvgIpc) is 3.03. The van der Waals surface area contributed by atoms with Gasteiger partial charge in [-0.05, 0) is 0 Å². The van der Waals surface area contributed by atoms with Crippen LogP contribution in [0.3, 0.4) is 0 Å². The summed E-state index contributed by atoms with van der Waals surface area (Å²) < 4.78 is 33.0. The Labute approximate surface area is 254 Å². The molecule has 4 saturated heterocycles. The van der Waals surface area contributed by atoms with E-state index in [0.717, 1.165) is 0 Å². The topological polar surface area (TPSA) is 359 Å². The van der Waals surface area contributed by atoms with Crippen molar-refractivity contribution >= 4 is 0 Å². The summed E-state index contributed by atoms with van der Waals surface area (Å²) >= 11 is 0. The molecule has 20 atom stereocenters. The van der Waals surface area contributed by atoms with E-state index < -0.39 is 149 Å². The molecule has 0 aromatic heterocycles. The van der Waals surface area contributed by atoms with Crippen molar-refractivity contribution in [3.05, 3.63) is 0 Å². The molecular weight excluding hydrogens is 624 g/mol. The maximum Gasteiger partial charge on any atom is 0.190 e. The van der Waals surface area contributed by atoms with Crippen molar-refractivity contribution in [3.8, 4) is 0 Å². The van der Waals surface area contributed by atoms with E-state index in [1.807, 2.05) is 0 Å². The third-order valence-corrected chi connectivity index (χ3v) is 8.65. The van der Waals surface area contributed by atoms with Crippen molar-refractivity contribution in [2.75, 3.05) is 26.4 Å². The minimum absolute atomic E-state index is 0.883. The second-order valence-electron chi connectivity index (χ2n) is 11.4. The second-order valence-corrected chi connectivity index (χ2v) is 11.4. The smallest absolute Gasteiger partial charge is 0.190 e. The minimum atomic E-state index is -3.02. The largest absolute Gasteiger partial charge is 0.394 e. The van der Waals surface area contributed by atoms with E-state index in [9.17, 15) is 76.6 Å². The lowest BCUT2D eigenvalue weighted by atomic mass is 9.74. The van der Waals surface area contributed by atoms with Gasteiger partial charge in [0.05, 0.1) is 26.4 Å². The Hall–Kier alpha value is -0.840. The summed E-state index contributed by atoms with van der Waals surface area (Å²) in [5.74, 6) is 0. The summed E-state index contributed by atoms with van der Waals surface area (Å²) in [4.78, 5) is 0. The molecular formula is C24H42O21. The molecule has 4 heterocycles. The van der Waals surface area contributed by atoms with Crippen LogP contribution in [0.5, 0.6) is 0 Å². The molecule has 4 rings (SSSR count). The zero-order valence-corrected chi connectivity index (χ0v) is 23.5. The van der Waals surface area contributed by atoms with Gasteiger partial charge in [0.1, 0.15) is 97.7 Å². The number of aliphatic hydroxyl groups is 15. The fraction of sp³-hybridized carbons (Fsp3) is 1.00. The van der Waals surface area contributed by atoms with Crippen LogP contribution in [0, 0.1) is 0 Å². The molecule has 15 N–H and O–H groups in total. The quantitative estimate of drug-likeness (QED) is 0.109. The van der Waals surface area contributed by atoms with E-state index >= 15 is 0 Å². The highest BCUT2D eigenvalue weighted by molar-refractivity contribution is 5.14. The highest BCUT2D eigenvalue weighted by atomic mass is 16.8. The van der Waals surface area contributed by atoms with Gasteiger partial charge in [-0.15, -0.1) is 0 Å². The van der Waals surface area contributed by atoms with Gasteiger partial charge in [0.25, 0.3) is 0 Å². The van der Waals surface area contributed by atoms with Crippen molar-refractivity contribution in [1.29, 1.82) is 0 Å². The van der Waals surface area contributed by atoms with Crippen LogP contribution in [-0.4, -0.2) is 225 Å². The zero-order valence-electron chi connectivity index (χ0n) is 23.5. The number of aliphatic hydroxyl groups excluding tert-OH is 15. The minimum Gasteiger partial charge on any atom is -0.394 e. The molecule has 21 heteroatoms. The number of hydrogen-bond acceptors (Lipinski definition) is 21. The van der Waals surface area contributed by atoms with E-state index in [2.05, 4.69) is 0 Å². The summed E-state index contributed by atoms with van der Waals surface area (Å²) in [5.41, 5.74) is -3.02. The van der Waals surface area contributed by atoms with Crippen LogP contribution in [0.15, 0.2) is 0 Å². The molecule has 0 aromatic carbocycles. The van der Waals surface area contributed by atoms with Crippen molar-refractivity contribution in [2.45, 2.75) is 122 Å². The van der Waals surface area contributed by atoms with E-state index in [1.165, 1.54) is 0 Å². The lowest BCUT2D eigenvalue weighted by Crippen LogP contribution is -2.80.